The molecule has 22 heavy (non-hydrogen) atoms. The molecule has 1 aromatic carbocycles. The monoisotopic (exact) mass is 369 g/mol. The number of sulfonamides is 1. The van der Waals surface area contributed by atoms with Crippen molar-refractivity contribution in [1.29, 1.82) is 0 Å². The number of alkyl halides is 3. The minimum absolute atomic E-state index is 0.0296. The second-order valence-corrected chi connectivity index (χ2v) is 8.12. The molecule has 0 saturated carbocycles. The number of nitrogens with one attached hydrogen (secondary N) is 1. The van der Waals surface area contributed by atoms with Gasteiger partial charge in [0.05, 0.1) is 11.3 Å². The Morgan fingerprint density at radius 2 is 1.82 bits per heavy atom. The van der Waals surface area contributed by atoms with Crippen molar-refractivity contribution in [3.8, 4) is 0 Å². The standard InChI is InChI=1S/C13H11ClF3NO2S2/c1-7-5-12(8(2)21-7)22(19,20)18-11-4-3-9(14)6-10(11)13(15,16)17/h3-6,18H,1-2H3. The first kappa shape index (κ1) is 17.1. The summed E-state index contributed by atoms with van der Waals surface area (Å²) in [6.45, 7) is 3.32. The van der Waals surface area contributed by atoms with Gasteiger partial charge in [-0.2, -0.15) is 13.2 Å². The van der Waals surface area contributed by atoms with Crippen molar-refractivity contribution < 1.29 is 21.6 Å². The van der Waals surface area contributed by atoms with Crippen molar-refractivity contribution in [2.75, 3.05) is 4.72 Å². The van der Waals surface area contributed by atoms with Crippen LogP contribution in [0.25, 0.3) is 0 Å². The molecule has 0 atom stereocenters. The smallest absolute Gasteiger partial charge is 0.279 e. The average molecular weight is 370 g/mol. The molecule has 9 heteroatoms. The van der Waals surface area contributed by atoms with Crippen LogP contribution in [-0.4, -0.2) is 8.42 Å². The summed E-state index contributed by atoms with van der Waals surface area (Å²) in [4.78, 5) is 1.23. The molecular weight excluding hydrogens is 359 g/mol. The SMILES string of the molecule is Cc1cc(S(=O)(=O)Nc2ccc(Cl)cc2C(F)(F)F)c(C)s1. The van der Waals surface area contributed by atoms with Gasteiger partial charge < -0.3 is 0 Å². The van der Waals surface area contributed by atoms with Crippen LogP contribution in [0.5, 0.6) is 0 Å². The van der Waals surface area contributed by atoms with Gasteiger partial charge >= 0.3 is 6.18 Å². The van der Waals surface area contributed by atoms with Gasteiger partial charge in [-0.15, -0.1) is 11.3 Å². The molecule has 1 aromatic heterocycles. The Balaban J connectivity index is 2.49. The summed E-state index contributed by atoms with van der Waals surface area (Å²) in [7, 11) is -4.10. The van der Waals surface area contributed by atoms with Crippen molar-refractivity contribution in [2.45, 2.75) is 24.9 Å². The minimum atomic E-state index is -4.72. The lowest BCUT2D eigenvalue weighted by molar-refractivity contribution is -0.136. The lowest BCUT2D eigenvalue weighted by Crippen LogP contribution is -2.17. The topological polar surface area (TPSA) is 46.2 Å². The molecule has 0 fully saturated rings. The van der Waals surface area contributed by atoms with E-state index >= 15 is 0 Å². The van der Waals surface area contributed by atoms with E-state index in [2.05, 4.69) is 0 Å². The fourth-order valence-electron chi connectivity index (χ4n) is 1.91. The highest BCUT2D eigenvalue weighted by Crippen LogP contribution is 2.37. The Labute approximate surface area is 134 Å². The Morgan fingerprint density at radius 3 is 2.32 bits per heavy atom. The van der Waals surface area contributed by atoms with Crippen molar-refractivity contribution in [3.63, 3.8) is 0 Å². The summed E-state index contributed by atoms with van der Waals surface area (Å²) in [5.41, 5.74) is -1.69. The predicted octanol–water partition coefficient (Wildman–Crippen LogP) is 4.84. The first-order valence-corrected chi connectivity index (χ1v) is 8.65. The number of anilines is 1. The summed E-state index contributed by atoms with van der Waals surface area (Å²) in [5, 5.41) is -0.127. The molecule has 0 radical (unpaired) electrons. The maximum absolute atomic E-state index is 13.0. The number of aryl methyl sites for hydroxylation is 2. The number of hydrogen-bond acceptors (Lipinski definition) is 3. The van der Waals surface area contributed by atoms with Crippen LogP contribution in [0, 0.1) is 13.8 Å². The number of hydrogen-bond donors (Lipinski definition) is 1. The number of thiophene rings is 1. The largest absolute Gasteiger partial charge is 0.418 e. The maximum Gasteiger partial charge on any atom is 0.418 e. The molecule has 0 saturated heterocycles. The summed E-state index contributed by atoms with van der Waals surface area (Å²) in [5.74, 6) is 0. The highest BCUT2D eigenvalue weighted by Gasteiger charge is 2.35. The zero-order valence-corrected chi connectivity index (χ0v) is 13.8. The first-order valence-electron chi connectivity index (χ1n) is 5.97. The van der Waals surface area contributed by atoms with Gasteiger partial charge in [0.25, 0.3) is 10.0 Å². The van der Waals surface area contributed by atoms with Crippen LogP contribution < -0.4 is 4.72 Å². The fourth-order valence-corrected chi connectivity index (χ4v) is 4.72. The molecule has 0 aliphatic heterocycles. The third kappa shape index (κ3) is 3.56. The number of benzene rings is 1. The van der Waals surface area contributed by atoms with E-state index in [1.807, 2.05) is 4.72 Å². The number of rotatable bonds is 3. The third-order valence-electron chi connectivity index (χ3n) is 2.82. The summed E-state index contributed by atoms with van der Waals surface area (Å²) in [6, 6.07) is 4.30. The highest BCUT2D eigenvalue weighted by molar-refractivity contribution is 7.93. The lowest BCUT2D eigenvalue weighted by atomic mass is 10.2. The van der Waals surface area contributed by atoms with Crippen molar-refractivity contribution in [1.82, 2.24) is 0 Å². The van der Waals surface area contributed by atoms with E-state index in [1.165, 1.54) is 23.5 Å². The molecule has 2 aromatic rings. The van der Waals surface area contributed by atoms with E-state index in [0.717, 1.165) is 10.9 Å². The van der Waals surface area contributed by atoms with Crippen LogP contribution in [-0.2, 0) is 16.2 Å². The molecule has 1 N–H and O–H groups in total. The van der Waals surface area contributed by atoms with Gasteiger partial charge in [-0.05, 0) is 38.1 Å². The Bertz CT molecular complexity index is 813. The van der Waals surface area contributed by atoms with E-state index in [4.69, 9.17) is 11.6 Å². The molecule has 0 bridgehead atoms. The molecule has 1 heterocycles. The summed E-state index contributed by atoms with van der Waals surface area (Å²) < 4.78 is 65.6. The van der Waals surface area contributed by atoms with Crippen molar-refractivity contribution >= 4 is 38.6 Å². The Morgan fingerprint density at radius 1 is 1.18 bits per heavy atom. The molecule has 3 nitrogen and oxygen atoms in total. The molecular formula is C13H11ClF3NO2S2. The number of halogens is 4. The van der Waals surface area contributed by atoms with E-state index in [9.17, 15) is 21.6 Å². The summed E-state index contributed by atoms with van der Waals surface area (Å²) >= 11 is 6.82. The highest BCUT2D eigenvalue weighted by atomic mass is 35.5. The normalized spacial score (nSPS) is 12.5. The molecule has 0 aliphatic rings. The van der Waals surface area contributed by atoms with E-state index < -0.39 is 27.5 Å². The van der Waals surface area contributed by atoms with Crippen molar-refractivity contribution in [2.24, 2.45) is 0 Å². The van der Waals surface area contributed by atoms with Gasteiger partial charge in [-0.3, -0.25) is 4.72 Å². The first-order chi connectivity index (χ1) is 10.0. The van der Waals surface area contributed by atoms with Gasteiger partial charge in [-0.1, -0.05) is 11.6 Å². The molecule has 0 aliphatic carbocycles. The van der Waals surface area contributed by atoms with E-state index in [-0.39, 0.29) is 9.92 Å². The van der Waals surface area contributed by atoms with Crippen molar-refractivity contribution in [3.05, 3.63) is 44.6 Å². The van der Waals surface area contributed by atoms with Crippen LogP contribution in [0.3, 0.4) is 0 Å². The van der Waals surface area contributed by atoms with Gasteiger partial charge in [0.15, 0.2) is 0 Å². The zero-order valence-electron chi connectivity index (χ0n) is 11.5. The van der Waals surface area contributed by atoms with Gasteiger partial charge in [0, 0.05) is 14.8 Å². The van der Waals surface area contributed by atoms with Gasteiger partial charge in [0.2, 0.25) is 0 Å². The zero-order chi connectivity index (χ0) is 16.7. The van der Waals surface area contributed by atoms with Gasteiger partial charge in [-0.25, -0.2) is 8.42 Å². The maximum atomic E-state index is 13.0. The molecule has 0 amide bonds. The van der Waals surface area contributed by atoms with Crippen LogP contribution in [0.15, 0.2) is 29.2 Å². The average Bonchev–Trinajstić information content (AvgIpc) is 2.70. The molecule has 120 valence electrons. The molecule has 2 rings (SSSR count). The van der Waals surface area contributed by atoms with E-state index in [0.29, 0.717) is 10.9 Å². The van der Waals surface area contributed by atoms with Crippen LogP contribution in [0.4, 0.5) is 18.9 Å². The summed E-state index contributed by atoms with van der Waals surface area (Å²) in [6.07, 6.45) is -4.72. The predicted molar refractivity (Wildman–Crippen MR) is 81.1 cm³/mol. The van der Waals surface area contributed by atoms with Crippen LogP contribution >= 0.6 is 22.9 Å². The molecule has 0 unspecified atom stereocenters. The molecule has 0 spiro atoms. The van der Waals surface area contributed by atoms with Crippen LogP contribution in [0.2, 0.25) is 5.02 Å². The van der Waals surface area contributed by atoms with Crippen LogP contribution in [0.1, 0.15) is 15.3 Å². The minimum Gasteiger partial charge on any atom is -0.279 e. The third-order valence-corrected chi connectivity index (χ3v) is 5.64. The lowest BCUT2D eigenvalue weighted by Gasteiger charge is -2.15. The van der Waals surface area contributed by atoms with Gasteiger partial charge in [0.1, 0.15) is 4.90 Å². The second kappa shape index (κ2) is 5.75. The quantitative estimate of drug-likeness (QED) is 0.841. The fraction of sp³-hybridized carbons (Fsp3) is 0.231. The Kier molecular flexibility index (Phi) is 4.47. The Hall–Kier alpha value is -1.25. The van der Waals surface area contributed by atoms with E-state index in [1.54, 1.807) is 13.8 Å². The second-order valence-electron chi connectivity index (χ2n) is 4.57.